The summed E-state index contributed by atoms with van der Waals surface area (Å²) >= 11 is 1.36. The van der Waals surface area contributed by atoms with Gasteiger partial charge in [0.25, 0.3) is 0 Å². The van der Waals surface area contributed by atoms with Gasteiger partial charge >= 0.3 is 30.2 Å². The Morgan fingerprint density at radius 3 is 1.41 bits per heavy atom. The van der Waals surface area contributed by atoms with Gasteiger partial charge in [-0.05, 0) is 43.8 Å². The number of hydrogen-bond acceptors (Lipinski definition) is 0. The molecule has 294 valence electrons. The van der Waals surface area contributed by atoms with Crippen LogP contribution < -0.4 is 0 Å². The van der Waals surface area contributed by atoms with Gasteiger partial charge in [0.15, 0.2) is 0 Å². The summed E-state index contributed by atoms with van der Waals surface area (Å²) in [7, 11) is 0. The molecule has 59 heavy (non-hydrogen) atoms. The Morgan fingerprint density at radius 2 is 0.864 bits per heavy atom. The molecular formula is C55H48Cl2SiZr-4. The van der Waals surface area contributed by atoms with Gasteiger partial charge in [-0.3, -0.25) is 0 Å². The molecule has 0 amide bonds. The first-order valence-electron chi connectivity index (χ1n) is 18.8. The molecule has 0 heterocycles. The van der Waals surface area contributed by atoms with Gasteiger partial charge in [0.2, 0.25) is 0 Å². The fourth-order valence-electron chi connectivity index (χ4n) is 8.27. The fourth-order valence-corrected chi connectivity index (χ4v) is 8.27. The minimum Gasteiger partial charge on any atom is -0.163 e. The van der Waals surface area contributed by atoms with Crippen molar-refractivity contribution in [2.45, 2.75) is 19.8 Å². The number of rotatable bonds is 5. The summed E-state index contributed by atoms with van der Waals surface area (Å²) in [5.41, 5.74) is 11.9. The molecule has 0 saturated heterocycles. The van der Waals surface area contributed by atoms with E-state index in [1.807, 2.05) is 0 Å². The van der Waals surface area contributed by atoms with Gasteiger partial charge in [-0.2, -0.15) is 12.1 Å². The second-order valence-electron chi connectivity index (χ2n) is 14.2. The molecule has 10 rings (SSSR count). The molecule has 10 aromatic rings. The Bertz CT molecular complexity index is 2840. The van der Waals surface area contributed by atoms with E-state index < -0.39 is 0 Å². The molecule has 0 unspecified atom stereocenters. The summed E-state index contributed by atoms with van der Waals surface area (Å²) in [5.74, 6) is 0.213. The molecule has 2 radical (unpaired) electrons. The van der Waals surface area contributed by atoms with Crippen LogP contribution in [0.5, 0.6) is 0 Å². The van der Waals surface area contributed by atoms with Gasteiger partial charge in [0, 0.05) is 5.92 Å². The Labute approximate surface area is 380 Å². The molecule has 0 spiro atoms. The number of fused-ring (bicyclic) bond motifs is 4. The van der Waals surface area contributed by atoms with Gasteiger partial charge < -0.3 is 14.9 Å². The van der Waals surface area contributed by atoms with E-state index in [9.17, 15) is 0 Å². The van der Waals surface area contributed by atoms with E-state index in [1.54, 1.807) is 0 Å². The Morgan fingerprint density at radius 1 is 0.424 bits per heavy atom. The average Bonchev–Trinajstić information content (AvgIpc) is 3.87. The van der Waals surface area contributed by atoms with E-state index in [-0.39, 0.29) is 45.6 Å². The maximum atomic E-state index is 3.06. The third-order valence-corrected chi connectivity index (χ3v) is 10.8. The van der Waals surface area contributed by atoms with Crippen LogP contribution in [0.1, 0.15) is 33.7 Å². The van der Waals surface area contributed by atoms with Gasteiger partial charge in [-0.15, -0.1) is 93.4 Å². The van der Waals surface area contributed by atoms with Crippen LogP contribution >= 0.6 is 24.8 Å². The van der Waals surface area contributed by atoms with Crippen LogP contribution in [0.4, 0.5) is 0 Å². The molecule has 0 aromatic heterocycles. The van der Waals surface area contributed by atoms with Gasteiger partial charge in [0.05, 0.1) is 0 Å². The Kier molecular flexibility index (Phi) is 17.0. The molecule has 0 aliphatic carbocycles. The largest absolute Gasteiger partial charge is 0.163 e. The number of halogens is 2. The first-order valence-corrected chi connectivity index (χ1v) is 23.0. The van der Waals surface area contributed by atoms with Crippen molar-refractivity contribution in [3.8, 4) is 22.3 Å². The number of hydrogen-bond donors (Lipinski definition) is 0. The molecule has 0 nitrogen and oxygen atoms in total. The average molecular weight is 899 g/mol. The van der Waals surface area contributed by atoms with Crippen LogP contribution in [0.25, 0.3) is 65.3 Å². The minimum atomic E-state index is 0. The van der Waals surface area contributed by atoms with Crippen LogP contribution in [-0.4, -0.2) is 6.88 Å². The SMILES string of the molecule is Cc1cc2c(-c3cccc4ccccc34)ccc(C)c2[cH-]1.Cl.Cl.[CH3-].[CH3-].[Si]=[Zr].c1ccc(C(c2ccccc2)c2cc3c(-c4cccc5ccccc45)cccc3[cH-]2)cc1. The molecule has 0 saturated carbocycles. The molecular weight excluding hydrogens is 851 g/mol. The zero-order valence-electron chi connectivity index (χ0n) is 33.9. The monoisotopic (exact) mass is 896 g/mol. The minimum absolute atomic E-state index is 0. The van der Waals surface area contributed by atoms with Crippen molar-refractivity contribution in [2.75, 3.05) is 0 Å². The predicted molar refractivity (Wildman–Crippen MR) is 261 cm³/mol. The van der Waals surface area contributed by atoms with Crippen LogP contribution in [-0.2, 0) is 23.3 Å². The van der Waals surface area contributed by atoms with Gasteiger partial charge in [0.1, 0.15) is 0 Å². The predicted octanol–water partition coefficient (Wildman–Crippen LogP) is 15.9. The second kappa shape index (κ2) is 21.4. The quantitative estimate of drug-likeness (QED) is 0.119. The van der Waals surface area contributed by atoms with Crippen molar-refractivity contribution < 1.29 is 23.3 Å². The van der Waals surface area contributed by atoms with Crippen LogP contribution in [0.2, 0.25) is 0 Å². The Hall–Kier alpha value is -4.82. The summed E-state index contributed by atoms with van der Waals surface area (Å²) in [5, 5.41) is 10.5. The van der Waals surface area contributed by atoms with Crippen molar-refractivity contribution in [2.24, 2.45) is 0 Å². The van der Waals surface area contributed by atoms with Crippen molar-refractivity contribution in [1.29, 1.82) is 0 Å². The summed E-state index contributed by atoms with van der Waals surface area (Å²) in [6.07, 6.45) is 0. The fraction of sp³-hybridized carbons (Fsp3) is 0.0545. The standard InChI is InChI=1S/C32H23.C21H17.2CH3.2ClH.Si.Zr/c1-3-12-24(13-4-1)32(25-14-5-2-6-15-25)27-21-26-17-10-20-30(31(26)22-27)29-19-9-16-23-11-7-8-18-28(23)29;1-14-12-20-15(2)10-11-19(21(20)13-14)18-9-5-7-16-6-3-4-8-17(16)18;;;;;;/h1-22,32H;3-13H,1-2H3;2*1H3;2*1H;;/q4*-1;;;;. The summed E-state index contributed by atoms with van der Waals surface area (Å²) in [6, 6.07) is 72.6. The molecule has 0 aliphatic heterocycles. The summed E-state index contributed by atoms with van der Waals surface area (Å²) in [6.45, 7) is 7.42. The van der Waals surface area contributed by atoms with Gasteiger partial charge in [-0.25, -0.2) is 0 Å². The van der Waals surface area contributed by atoms with E-state index in [0.29, 0.717) is 0 Å². The third kappa shape index (κ3) is 9.64. The molecule has 0 atom stereocenters. The molecule has 10 aromatic carbocycles. The van der Waals surface area contributed by atoms with Crippen LogP contribution in [0, 0.1) is 28.7 Å². The molecule has 0 fully saturated rings. The number of benzene rings is 8. The maximum Gasteiger partial charge on any atom is 0.0164 e. The normalized spacial score (nSPS) is 10.3. The van der Waals surface area contributed by atoms with Crippen molar-refractivity contribution in [3.05, 3.63) is 243 Å². The van der Waals surface area contributed by atoms with E-state index in [2.05, 4.69) is 221 Å². The van der Waals surface area contributed by atoms with Crippen molar-refractivity contribution in [1.82, 2.24) is 0 Å². The second-order valence-corrected chi connectivity index (χ2v) is 14.2. The first-order chi connectivity index (χ1) is 27.1. The van der Waals surface area contributed by atoms with Crippen molar-refractivity contribution in [3.63, 3.8) is 0 Å². The van der Waals surface area contributed by atoms with Crippen LogP contribution in [0.15, 0.2) is 200 Å². The molecule has 0 bridgehead atoms. The zero-order chi connectivity index (χ0) is 37.7. The van der Waals surface area contributed by atoms with E-state index in [0.717, 1.165) is 0 Å². The van der Waals surface area contributed by atoms with Crippen molar-refractivity contribution >= 4 is 74.8 Å². The van der Waals surface area contributed by atoms with E-state index in [4.69, 9.17) is 0 Å². The van der Waals surface area contributed by atoms with E-state index >= 15 is 0 Å². The molecule has 0 aliphatic rings. The maximum absolute atomic E-state index is 3.06. The molecule has 4 heteroatoms. The summed E-state index contributed by atoms with van der Waals surface area (Å²) in [4.78, 5) is 0. The van der Waals surface area contributed by atoms with Gasteiger partial charge in [-0.1, -0.05) is 183 Å². The van der Waals surface area contributed by atoms with E-state index in [1.165, 1.54) is 116 Å². The van der Waals surface area contributed by atoms with Crippen LogP contribution in [0.3, 0.4) is 0 Å². The first kappa shape index (κ1) is 46.9. The number of aryl methyl sites for hydroxylation is 2. The Balaban J connectivity index is 0.000000250. The molecule has 0 N–H and O–H groups in total. The smallest absolute Gasteiger partial charge is 0.0164 e. The third-order valence-electron chi connectivity index (χ3n) is 10.8. The zero-order valence-corrected chi connectivity index (χ0v) is 39.0. The topological polar surface area (TPSA) is 0 Å². The summed E-state index contributed by atoms with van der Waals surface area (Å²) < 4.78 is 0.